The Morgan fingerprint density at radius 1 is 1.29 bits per heavy atom. The van der Waals surface area contributed by atoms with Crippen LogP contribution in [0.1, 0.15) is 42.4 Å². The van der Waals surface area contributed by atoms with E-state index in [9.17, 15) is 0 Å². The van der Waals surface area contributed by atoms with E-state index < -0.39 is 0 Å². The van der Waals surface area contributed by atoms with Crippen LogP contribution in [0.2, 0.25) is 0 Å². The van der Waals surface area contributed by atoms with Crippen LogP contribution >= 0.6 is 11.3 Å². The lowest BCUT2D eigenvalue weighted by Crippen LogP contribution is -2.19. The van der Waals surface area contributed by atoms with E-state index in [0.29, 0.717) is 6.04 Å². The van der Waals surface area contributed by atoms with Crippen molar-refractivity contribution in [3.8, 4) is 0 Å². The summed E-state index contributed by atoms with van der Waals surface area (Å²) in [6.45, 7) is 7.31. The molecular formula is C17H21N3S. The number of benzene rings is 1. The quantitative estimate of drug-likeness (QED) is 0.768. The van der Waals surface area contributed by atoms with Gasteiger partial charge in [-0.2, -0.15) is 0 Å². The number of aryl methyl sites for hydroxylation is 2. The zero-order chi connectivity index (χ0) is 14.8. The molecule has 110 valence electrons. The number of fused-ring (bicyclic) bond motifs is 1. The fourth-order valence-electron chi connectivity index (χ4n) is 2.56. The average Bonchev–Trinajstić information content (AvgIpc) is 3.06. The minimum absolute atomic E-state index is 0.333. The van der Waals surface area contributed by atoms with Gasteiger partial charge in [0.1, 0.15) is 0 Å². The van der Waals surface area contributed by atoms with Crippen LogP contribution in [0.25, 0.3) is 4.96 Å². The van der Waals surface area contributed by atoms with Gasteiger partial charge in [-0.15, -0.1) is 11.3 Å². The molecule has 0 radical (unpaired) electrons. The molecule has 1 aromatic carbocycles. The Bertz CT molecular complexity index is 724. The van der Waals surface area contributed by atoms with E-state index in [4.69, 9.17) is 0 Å². The standard InChI is InChI=1S/C17H21N3S/c1-4-14-5-7-15(8-6-14)12(2)18-11-16-13(3)19-17-20(16)9-10-21-17/h5-10,12,18H,4,11H2,1-3H3. The summed E-state index contributed by atoms with van der Waals surface area (Å²) >= 11 is 1.68. The Labute approximate surface area is 129 Å². The lowest BCUT2D eigenvalue weighted by molar-refractivity contribution is 0.564. The van der Waals surface area contributed by atoms with Crippen LogP contribution < -0.4 is 5.32 Å². The molecule has 3 nitrogen and oxygen atoms in total. The van der Waals surface area contributed by atoms with E-state index >= 15 is 0 Å². The highest BCUT2D eigenvalue weighted by atomic mass is 32.1. The van der Waals surface area contributed by atoms with Crippen molar-refractivity contribution in [1.29, 1.82) is 0 Å². The molecule has 1 unspecified atom stereocenters. The van der Waals surface area contributed by atoms with Crippen molar-refractivity contribution in [3.05, 3.63) is 58.4 Å². The molecule has 3 rings (SSSR count). The van der Waals surface area contributed by atoms with Gasteiger partial charge < -0.3 is 5.32 Å². The molecule has 2 aromatic heterocycles. The largest absolute Gasteiger partial charge is 0.305 e. The lowest BCUT2D eigenvalue weighted by atomic mass is 10.0. The van der Waals surface area contributed by atoms with E-state index in [1.807, 2.05) is 0 Å². The Kier molecular flexibility index (Phi) is 4.08. The van der Waals surface area contributed by atoms with E-state index in [2.05, 4.69) is 71.3 Å². The highest BCUT2D eigenvalue weighted by Gasteiger charge is 2.11. The minimum Gasteiger partial charge on any atom is -0.305 e. The molecule has 0 aliphatic rings. The average molecular weight is 299 g/mol. The Balaban J connectivity index is 1.71. The van der Waals surface area contributed by atoms with E-state index in [1.54, 1.807) is 11.3 Å². The summed E-state index contributed by atoms with van der Waals surface area (Å²) in [7, 11) is 0. The fraction of sp³-hybridized carbons (Fsp3) is 0.353. The van der Waals surface area contributed by atoms with Crippen LogP contribution in [0.5, 0.6) is 0 Å². The fourth-order valence-corrected chi connectivity index (χ4v) is 3.34. The van der Waals surface area contributed by atoms with Crippen LogP contribution in [0, 0.1) is 6.92 Å². The molecule has 0 saturated carbocycles. The van der Waals surface area contributed by atoms with Gasteiger partial charge in [-0.1, -0.05) is 31.2 Å². The highest BCUT2D eigenvalue weighted by molar-refractivity contribution is 7.15. The summed E-state index contributed by atoms with van der Waals surface area (Å²) < 4.78 is 2.18. The SMILES string of the molecule is CCc1ccc(C(C)NCc2c(C)nc3sccn23)cc1. The molecule has 0 aliphatic heterocycles. The smallest absolute Gasteiger partial charge is 0.194 e. The first-order chi connectivity index (χ1) is 10.2. The molecule has 0 spiro atoms. The van der Waals surface area contributed by atoms with Gasteiger partial charge in [0.25, 0.3) is 0 Å². The summed E-state index contributed by atoms with van der Waals surface area (Å²) in [5, 5.41) is 5.69. The molecule has 1 N–H and O–H groups in total. The van der Waals surface area contributed by atoms with Crippen molar-refractivity contribution in [1.82, 2.24) is 14.7 Å². The van der Waals surface area contributed by atoms with Gasteiger partial charge in [0.15, 0.2) is 4.96 Å². The Hall–Kier alpha value is -1.65. The molecule has 3 aromatic rings. The van der Waals surface area contributed by atoms with Crippen molar-refractivity contribution >= 4 is 16.3 Å². The Morgan fingerprint density at radius 3 is 2.76 bits per heavy atom. The number of aromatic nitrogens is 2. The predicted molar refractivity (Wildman–Crippen MR) is 88.9 cm³/mol. The van der Waals surface area contributed by atoms with Gasteiger partial charge in [-0.25, -0.2) is 4.98 Å². The van der Waals surface area contributed by atoms with Gasteiger partial charge in [0.05, 0.1) is 11.4 Å². The number of nitrogens with one attached hydrogen (secondary N) is 1. The third-order valence-corrected chi connectivity index (χ3v) is 4.78. The number of rotatable bonds is 5. The lowest BCUT2D eigenvalue weighted by Gasteiger charge is -2.15. The summed E-state index contributed by atoms with van der Waals surface area (Å²) in [4.78, 5) is 5.66. The zero-order valence-corrected chi connectivity index (χ0v) is 13.6. The maximum absolute atomic E-state index is 4.59. The Morgan fingerprint density at radius 2 is 2.05 bits per heavy atom. The van der Waals surface area contributed by atoms with Crippen LogP contribution in [-0.4, -0.2) is 9.38 Å². The van der Waals surface area contributed by atoms with Crippen LogP contribution in [0.3, 0.4) is 0 Å². The molecule has 0 bridgehead atoms. The first kappa shape index (κ1) is 14.3. The second-order valence-corrected chi connectivity index (χ2v) is 6.27. The van der Waals surface area contributed by atoms with Gasteiger partial charge >= 0.3 is 0 Å². The molecule has 0 amide bonds. The van der Waals surface area contributed by atoms with Gasteiger partial charge in [-0.3, -0.25) is 4.40 Å². The summed E-state index contributed by atoms with van der Waals surface area (Å²) in [5.74, 6) is 0. The highest BCUT2D eigenvalue weighted by Crippen LogP contribution is 2.19. The second-order valence-electron chi connectivity index (χ2n) is 5.40. The minimum atomic E-state index is 0.333. The number of hydrogen-bond acceptors (Lipinski definition) is 3. The predicted octanol–water partition coefficient (Wildman–Crippen LogP) is 4.12. The van der Waals surface area contributed by atoms with E-state index in [0.717, 1.165) is 23.6 Å². The maximum atomic E-state index is 4.59. The maximum Gasteiger partial charge on any atom is 0.194 e. The number of imidazole rings is 1. The zero-order valence-electron chi connectivity index (χ0n) is 12.8. The summed E-state index contributed by atoms with van der Waals surface area (Å²) in [5.41, 5.74) is 5.08. The molecule has 0 fully saturated rings. The molecule has 21 heavy (non-hydrogen) atoms. The van der Waals surface area contributed by atoms with Gasteiger partial charge in [0, 0.05) is 24.2 Å². The third kappa shape index (κ3) is 2.87. The topological polar surface area (TPSA) is 29.3 Å². The van der Waals surface area contributed by atoms with Gasteiger partial charge in [-0.05, 0) is 31.4 Å². The van der Waals surface area contributed by atoms with E-state index in [-0.39, 0.29) is 0 Å². The summed E-state index contributed by atoms with van der Waals surface area (Å²) in [6.07, 6.45) is 3.19. The molecule has 0 aliphatic carbocycles. The van der Waals surface area contributed by atoms with Gasteiger partial charge in [0.2, 0.25) is 0 Å². The molecule has 2 heterocycles. The van der Waals surface area contributed by atoms with Crippen molar-refractivity contribution in [2.45, 2.75) is 39.8 Å². The van der Waals surface area contributed by atoms with Crippen molar-refractivity contribution in [2.24, 2.45) is 0 Å². The summed E-state index contributed by atoms with van der Waals surface area (Å²) in [6, 6.07) is 9.21. The molecule has 4 heteroatoms. The first-order valence-corrected chi connectivity index (χ1v) is 8.30. The molecule has 0 saturated heterocycles. The number of thiazole rings is 1. The third-order valence-electron chi connectivity index (χ3n) is 4.02. The van der Waals surface area contributed by atoms with E-state index in [1.165, 1.54) is 16.8 Å². The van der Waals surface area contributed by atoms with Crippen molar-refractivity contribution in [3.63, 3.8) is 0 Å². The van der Waals surface area contributed by atoms with Crippen molar-refractivity contribution in [2.75, 3.05) is 0 Å². The van der Waals surface area contributed by atoms with Crippen LogP contribution in [0.15, 0.2) is 35.8 Å². The number of nitrogens with zero attached hydrogens (tertiary/aromatic N) is 2. The first-order valence-electron chi connectivity index (χ1n) is 7.42. The van der Waals surface area contributed by atoms with Crippen LogP contribution in [-0.2, 0) is 13.0 Å². The normalized spacial score (nSPS) is 12.9. The van der Waals surface area contributed by atoms with Crippen molar-refractivity contribution < 1.29 is 0 Å². The van der Waals surface area contributed by atoms with Crippen LogP contribution in [0.4, 0.5) is 0 Å². The molecule has 1 atom stereocenters. The number of hydrogen-bond donors (Lipinski definition) is 1. The second kappa shape index (κ2) is 6.00. The monoisotopic (exact) mass is 299 g/mol. The molecular weight excluding hydrogens is 278 g/mol.